The van der Waals surface area contributed by atoms with E-state index < -0.39 is 11.8 Å². The molecule has 0 spiro atoms. The standard InChI is InChI=1S/C16H20N4O3/c1-12(11-14(21)20-9-5-6-10-20)18-19-16(23)15(22)17-13-7-3-2-4-8-13/h2-4,7-8H,5-6,9-11H2,1H3,(H,17,22)(H,19,23)/b18-12-. The second kappa shape index (κ2) is 8.07. The van der Waals surface area contributed by atoms with Gasteiger partial charge in [0.15, 0.2) is 0 Å². The van der Waals surface area contributed by atoms with Crippen molar-refractivity contribution < 1.29 is 14.4 Å². The Kier molecular flexibility index (Phi) is 5.85. The average molecular weight is 316 g/mol. The molecule has 122 valence electrons. The van der Waals surface area contributed by atoms with Gasteiger partial charge in [-0.15, -0.1) is 0 Å². The van der Waals surface area contributed by atoms with Crippen LogP contribution in [0.5, 0.6) is 0 Å². The predicted octanol–water partition coefficient (Wildman–Crippen LogP) is 1.13. The number of nitrogens with zero attached hydrogens (tertiary/aromatic N) is 2. The first kappa shape index (κ1) is 16.7. The monoisotopic (exact) mass is 316 g/mol. The Labute approximate surface area is 134 Å². The van der Waals surface area contributed by atoms with E-state index in [9.17, 15) is 14.4 Å². The normalized spacial score (nSPS) is 14.5. The van der Waals surface area contributed by atoms with Crippen molar-refractivity contribution in [2.45, 2.75) is 26.2 Å². The van der Waals surface area contributed by atoms with E-state index in [0.717, 1.165) is 25.9 Å². The molecule has 7 nitrogen and oxygen atoms in total. The first-order valence-corrected chi connectivity index (χ1v) is 7.53. The van der Waals surface area contributed by atoms with E-state index in [0.29, 0.717) is 11.4 Å². The van der Waals surface area contributed by atoms with Crippen LogP contribution in [0.2, 0.25) is 0 Å². The lowest BCUT2D eigenvalue weighted by atomic mass is 10.3. The Morgan fingerprint density at radius 1 is 1.09 bits per heavy atom. The third kappa shape index (κ3) is 5.21. The summed E-state index contributed by atoms with van der Waals surface area (Å²) in [4.78, 5) is 37.1. The second-order valence-electron chi connectivity index (χ2n) is 5.37. The largest absolute Gasteiger partial charge is 0.342 e. The molecule has 0 aliphatic carbocycles. The number of para-hydroxylation sites is 1. The summed E-state index contributed by atoms with van der Waals surface area (Å²) in [6.07, 6.45) is 2.19. The highest BCUT2D eigenvalue weighted by molar-refractivity contribution is 6.39. The number of hydrazone groups is 1. The molecule has 1 saturated heterocycles. The van der Waals surface area contributed by atoms with E-state index in [1.165, 1.54) is 0 Å². The first-order chi connectivity index (χ1) is 11.1. The van der Waals surface area contributed by atoms with Crippen LogP contribution in [-0.4, -0.2) is 41.4 Å². The van der Waals surface area contributed by atoms with Crippen LogP contribution in [0.25, 0.3) is 0 Å². The topological polar surface area (TPSA) is 90.9 Å². The zero-order valence-electron chi connectivity index (χ0n) is 13.0. The molecule has 3 amide bonds. The first-order valence-electron chi connectivity index (χ1n) is 7.53. The fourth-order valence-electron chi connectivity index (χ4n) is 2.24. The fraction of sp³-hybridized carbons (Fsp3) is 0.375. The molecular formula is C16H20N4O3. The molecule has 1 heterocycles. The summed E-state index contributed by atoms with van der Waals surface area (Å²) in [6, 6.07) is 8.66. The molecule has 0 radical (unpaired) electrons. The quantitative estimate of drug-likeness (QED) is 0.495. The van der Waals surface area contributed by atoms with Gasteiger partial charge in [-0.1, -0.05) is 18.2 Å². The van der Waals surface area contributed by atoms with E-state index in [1.807, 2.05) is 0 Å². The molecule has 23 heavy (non-hydrogen) atoms. The zero-order chi connectivity index (χ0) is 16.7. The van der Waals surface area contributed by atoms with Crippen molar-refractivity contribution in [3.63, 3.8) is 0 Å². The Morgan fingerprint density at radius 2 is 1.74 bits per heavy atom. The Bertz CT molecular complexity index is 607. The number of anilines is 1. The number of hydrogen-bond donors (Lipinski definition) is 2. The van der Waals surface area contributed by atoms with Crippen LogP contribution >= 0.6 is 0 Å². The number of nitrogens with one attached hydrogen (secondary N) is 2. The van der Waals surface area contributed by atoms with Crippen LogP contribution < -0.4 is 10.7 Å². The molecule has 0 bridgehead atoms. The maximum atomic E-state index is 11.9. The van der Waals surface area contributed by atoms with E-state index in [4.69, 9.17) is 0 Å². The summed E-state index contributed by atoms with van der Waals surface area (Å²) < 4.78 is 0. The van der Waals surface area contributed by atoms with Crippen molar-refractivity contribution in [1.82, 2.24) is 10.3 Å². The van der Waals surface area contributed by atoms with Crippen LogP contribution in [0.1, 0.15) is 26.2 Å². The third-order valence-corrected chi connectivity index (χ3v) is 3.45. The van der Waals surface area contributed by atoms with Crippen molar-refractivity contribution >= 4 is 29.1 Å². The van der Waals surface area contributed by atoms with Crippen LogP contribution in [0, 0.1) is 0 Å². The lowest BCUT2D eigenvalue weighted by Crippen LogP contribution is -2.33. The summed E-state index contributed by atoms with van der Waals surface area (Å²) in [5.74, 6) is -1.69. The van der Waals surface area contributed by atoms with Crippen LogP contribution in [0.3, 0.4) is 0 Å². The summed E-state index contributed by atoms with van der Waals surface area (Å²) >= 11 is 0. The second-order valence-corrected chi connectivity index (χ2v) is 5.37. The van der Waals surface area contributed by atoms with Gasteiger partial charge in [-0.3, -0.25) is 14.4 Å². The summed E-state index contributed by atoms with van der Waals surface area (Å²) in [5.41, 5.74) is 3.15. The van der Waals surface area contributed by atoms with Crippen molar-refractivity contribution in [3.05, 3.63) is 30.3 Å². The van der Waals surface area contributed by atoms with Gasteiger partial charge in [-0.2, -0.15) is 5.10 Å². The molecule has 7 heteroatoms. The van der Waals surface area contributed by atoms with E-state index in [1.54, 1.807) is 42.2 Å². The number of benzene rings is 1. The zero-order valence-corrected chi connectivity index (χ0v) is 13.0. The highest BCUT2D eigenvalue weighted by atomic mass is 16.2. The molecule has 1 aliphatic heterocycles. The van der Waals surface area contributed by atoms with E-state index >= 15 is 0 Å². The molecule has 2 N–H and O–H groups in total. The molecule has 1 aliphatic rings. The minimum atomic E-state index is -0.873. The minimum Gasteiger partial charge on any atom is -0.342 e. The Morgan fingerprint density at radius 3 is 2.39 bits per heavy atom. The van der Waals surface area contributed by atoms with Crippen molar-refractivity contribution in [1.29, 1.82) is 0 Å². The molecule has 1 fully saturated rings. The van der Waals surface area contributed by atoms with Gasteiger partial charge < -0.3 is 10.2 Å². The SMILES string of the molecule is C/C(CC(=O)N1CCCC1)=N/NC(=O)C(=O)Nc1ccccc1. The lowest BCUT2D eigenvalue weighted by Gasteiger charge is -2.14. The maximum Gasteiger partial charge on any atom is 0.329 e. The molecule has 0 atom stereocenters. The predicted molar refractivity (Wildman–Crippen MR) is 86.8 cm³/mol. The van der Waals surface area contributed by atoms with Crippen LogP contribution in [0.15, 0.2) is 35.4 Å². The molecular weight excluding hydrogens is 296 g/mol. The van der Waals surface area contributed by atoms with Gasteiger partial charge in [0.25, 0.3) is 0 Å². The number of hydrogen-bond acceptors (Lipinski definition) is 4. The van der Waals surface area contributed by atoms with E-state index in [-0.39, 0.29) is 12.3 Å². The van der Waals surface area contributed by atoms with Gasteiger partial charge in [-0.05, 0) is 31.9 Å². The van der Waals surface area contributed by atoms with Gasteiger partial charge in [0.1, 0.15) is 0 Å². The number of carbonyl (C=O) groups excluding carboxylic acids is 3. The molecule has 2 rings (SSSR count). The Balaban J connectivity index is 1.79. The van der Waals surface area contributed by atoms with Gasteiger partial charge in [0, 0.05) is 24.5 Å². The van der Waals surface area contributed by atoms with Gasteiger partial charge in [-0.25, -0.2) is 5.43 Å². The number of amides is 3. The van der Waals surface area contributed by atoms with E-state index in [2.05, 4.69) is 15.8 Å². The third-order valence-electron chi connectivity index (χ3n) is 3.45. The number of likely N-dealkylation sites (tertiary alicyclic amines) is 1. The smallest absolute Gasteiger partial charge is 0.329 e. The maximum absolute atomic E-state index is 11.9. The molecule has 0 unspecified atom stereocenters. The van der Waals surface area contributed by atoms with Gasteiger partial charge in [0.05, 0.1) is 6.42 Å². The highest BCUT2D eigenvalue weighted by Crippen LogP contribution is 2.09. The van der Waals surface area contributed by atoms with Crippen LogP contribution in [-0.2, 0) is 14.4 Å². The lowest BCUT2D eigenvalue weighted by molar-refractivity contribution is -0.136. The molecule has 1 aromatic rings. The molecule has 1 aromatic carbocycles. The van der Waals surface area contributed by atoms with Gasteiger partial charge in [0.2, 0.25) is 5.91 Å². The van der Waals surface area contributed by atoms with Crippen LogP contribution in [0.4, 0.5) is 5.69 Å². The molecule has 0 saturated carbocycles. The van der Waals surface area contributed by atoms with Crippen molar-refractivity contribution in [2.75, 3.05) is 18.4 Å². The van der Waals surface area contributed by atoms with Crippen molar-refractivity contribution in [3.8, 4) is 0 Å². The molecule has 0 aromatic heterocycles. The minimum absolute atomic E-state index is 0.00765. The van der Waals surface area contributed by atoms with Crippen molar-refractivity contribution in [2.24, 2.45) is 5.10 Å². The Hall–Kier alpha value is -2.70. The number of carbonyl (C=O) groups is 3. The average Bonchev–Trinajstić information content (AvgIpc) is 3.08. The fourth-order valence-corrected chi connectivity index (χ4v) is 2.24. The summed E-state index contributed by atoms with van der Waals surface area (Å²) in [5, 5.41) is 6.26. The summed E-state index contributed by atoms with van der Waals surface area (Å²) in [7, 11) is 0. The number of rotatable bonds is 4. The summed E-state index contributed by atoms with van der Waals surface area (Å²) in [6.45, 7) is 3.19. The van der Waals surface area contributed by atoms with Gasteiger partial charge >= 0.3 is 11.8 Å². The highest BCUT2D eigenvalue weighted by Gasteiger charge is 2.18.